The molecule has 3 N–H and O–H groups in total. The predicted molar refractivity (Wildman–Crippen MR) is 112 cm³/mol. The van der Waals surface area contributed by atoms with Crippen molar-refractivity contribution in [3.8, 4) is 0 Å². The number of likely N-dealkylation sites (tertiary alicyclic amines) is 1. The Bertz CT molecular complexity index is 744. The molecule has 1 aromatic rings. The van der Waals surface area contributed by atoms with E-state index in [1.165, 1.54) is 12.8 Å². The first kappa shape index (κ1) is 22.7. The number of carbonyl (C=O) groups is 1. The maximum absolute atomic E-state index is 13.6. The number of guanidine groups is 1. The van der Waals surface area contributed by atoms with Crippen LogP contribution in [-0.2, 0) is 4.79 Å². The van der Waals surface area contributed by atoms with Crippen molar-refractivity contribution in [2.45, 2.75) is 31.8 Å². The van der Waals surface area contributed by atoms with Crippen molar-refractivity contribution in [3.05, 3.63) is 29.6 Å². The van der Waals surface area contributed by atoms with Gasteiger partial charge in [0.2, 0.25) is 5.91 Å². The molecule has 1 heterocycles. The van der Waals surface area contributed by atoms with Crippen molar-refractivity contribution in [2.75, 3.05) is 32.0 Å². The lowest BCUT2D eigenvalue weighted by atomic mass is 10.1. The average molecular weight is 511 g/mol. The van der Waals surface area contributed by atoms with E-state index < -0.39 is 29.0 Å². The number of benzene rings is 1. The van der Waals surface area contributed by atoms with E-state index in [4.69, 9.17) is 0 Å². The summed E-state index contributed by atoms with van der Waals surface area (Å²) >= 11 is 0. The molecule has 0 bridgehead atoms. The van der Waals surface area contributed by atoms with Crippen LogP contribution in [0.1, 0.15) is 19.8 Å². The van der Waals surface area contributed by atoms with Crippen LogP contribution in [0.15, 0.2) is 17.1 Å². The van der Waals surface area contributed by atoms with Crippen molar-refractivity contribution in [1.82, 2.24) is 15.5 Å². The van der Waals surface area contributed by atoms with Gasteiger partial charge in [0.15, 0.2) is 23.4 Å². The Morgan fingerprint density at radius 2 is 1.93 bits per heavy atom. The molecule has 10 heteroatoms. The number of halogens is 4. The van der Waals surface area contributed by atoms with Gasteiger partial charge in [-0.2, -0.15) is 0 Å². The molecule has 1 aliphatic carbocycles. The Morgan fingerprint density at radius 1 is 1.21 bits per heavy atom. The van der Waals surface area contributed by atoms with E-state index in [9.17, 15) is 18.0 Å². The first-order chi connectivity index (χ1) is 12.9. The van der Waals surface area contributed by atoms with Gasteiger partial charge < -0.3 is 16.0 Å². The third-order valence-corrected chi connectivity index (χ3v) is 4.98. The highest BCUT2D eigenvalue weighted by molar-refractivity contribution is 14.0. The normalized spacial score (nSPS) is 22.5. The van der Waals surface area contributed by atoms with E-state index in [1.807, 2.05) is 0 Å². The van der Waals surface area contributed by atoms with Crippen molar-refractivity contribution in [3.63, 3.8) is 0 Å². The molecule has 6 nitrogen and oxygen atoms in total. The number of hydrogen-bond donors (Lipinski definition) is 3. The number of nitrogens with zero attached hydrogens (tertiary/aromatic N) is 2. The number of rotatable bonds is 5. The number of nitrogens with one attached hydrogen (secondary N) is 3. The molecule has 2 aliphatic rings. The van der Waals surface area contributed by atoms with Gasteiger partial charge in [-0.15, -0.1) is 24.0 Å². The molecule has 2 unspecified atom stereocenters. The first-order valence-corrected chi connectivity index (χ1v) is 9.03. The van der Waals surface area contributed by atoms with E-state index in [-0.39, 0.29) is 36.6 Å². The fourth-order valence-corrected chi connectivity index (χ4v) is 3.28. The molecule has 0 aromatic heterocycles. The summed E-state index contributed by atoms with van der Waals surface area (Å²) in [6.07, 6.45) is 2.51. The molecule has 28 heavy (non-hydrogen) atoms. The second-order valence-corrected chi connectivity index (χ2v) is 7.11. The minimum absolute atomic E-state index is 0. The molecule has 1 amide bonds. The summed E-state index contributed by atoms with van der Waals surface area (Å²) in [5.74, 6) is -4.03. The minimum atomic E-state index is -1.62. The van der Waals surface area contributed by atoms with Crippen molar-refractivity contribution in [2.24, 2.45) is 10.9 Å². The highest BCUT2D eigenvalue weighted by Gasteiger charge is 2.38. The van der Waals surface area contributed by atoms with Gasteiger partial charge in [-0.1, -0.05) is 6.92 Å². The number of carbonyl (C=O) groups excluding carboxylic acids is 1. The second-order valence-electron chi connectivity index (χ2n) is 7.11. The van der Waals surface area contributed by atoms with Gasteiger partial charge in [0.05, 0.1) is 12.2 Å². The van der Waals surface area contributed by atoms with E-state index in [0.717, 1.165) is 25.2 Å². The largest absolute Gasteiger partial charge is 0.352 e. The molecule has 0 spiro atoms. The topological polar surface area (TPSA) is 68.8 Å². The average Bonchev–Trinajstić information content (AvgIpc) is 3.43. The fourth-order valence-electron chi connectivity index (χ4n) is 3.28. The maximum atomic E-state index is 13.6. The summed E-state index contributed by atoms with van der Waals surface area (Å²) < 4.78 is 39.8. The Kier molecular flexibility index (Phi) is 7.93. The highest BCUT2D eigenvalue weighted by atomic mass is 127. The molecule has 1 aliphatic heterocycles. The van der Waals surface area contributed by atoms with Gasteiger partial charge in [-0.25, -0.2) is 13.2 Å². The van der Waals surface area contributed by atoms with Crippen LogP contribution in [0.2, 0.25) is 0 Å². The minimum Gasteiger partial charge on any atom is -0.352 e. The van der Waals surface area contributed by atoms with Gasteiger partial charge in [-0.3, -0.25) is 14.7 Å². The lowest BCUT2D eigenvalue weighted by Crippen LogP contribution is -2.48. The lowest BCUT2D eigenvalue weighted by molar-refractivity contribution is -0.115. The Hall–Kier alpha value is -1.56. The first-order valence-electron chi connectivity index (χ1n) is 9.03. The summed E-state index contributed by atoms with van der Waals surface area (Å²) in [4.78, 5) is 18.6. The van der Waals surface area contributed by atoms with Gasteiger partial charge in [0.1, 0.15) is 0 Å². The van der Waals surface area contributed by atoms with Gasteiger partial charge in [0, 0.05) is 32.2 Å². The quantitative estimate of drug-likeness (QED) is 0.246. The number of hydrogen-bond acceptors (Lipinski definition) is 3. The van der Waals surface area contributed by atoms with Gasteiger partial charge in [-0.05, 0) is 30.9 Å². The molecule has 2 atom stereocenters. The Labute approximate surface area is 179 Å². The summed E-state index contributed by atoms with van der Waals surface area (Å²) in [5, 5.41) is 8.39. The molecule has 3 rings (SSSR count). The number of aliphatic imine (C=N–C) groups is 1. The monoisotopic (exact) mass is 511 g/mol. The molecule has 0 radical (unpaired) electrons. The zero-order valence-corrected chi connectivity index (χ0v) is 18.1. The van der Waals surface area contributed by atoms with Crippen molar-refractivity contribution >= 4 is 41.5 Å². The van der Waals surface area contributed by atoms with Crippen LogP contribution >= 0.6 is 24.0 Å². The van der Waals surface area contributed by atoms with E-state index >= 15 is 0 Å². The van der Waals surface area contributed by atoms with Crippen LogP contribution in [-0.4, -0.2) is 55.5 Å². The Morgan fingerprint density at radius 3 is 2.57 bits per heavy atom. The van der Waals surface area contributed by atoms with E-state index in [0.29, 0.717) is 17.9 Å². The molecule has 1 saturated carbocycles. The Balaban J connectivity index is 0.00000280. The van der Waals surface area contributed by atoms with E-state index in [2.05, 4.69) is 32.8 Å². The zero-order valence-electron chi connectivity index (χ0n) is 15.8. The van der Waals surface area contributed by atoms with Crippen LogP contribution in [0, 0.1) is 23.4 Å². The number of anilines is 1. The standard InChI is InChI=1S/C18H24F3N5O.HI/c1-10-8-26(11-3-4-11)9-14(10)25-18(22-2)23-7-15(27)24-13-6-5-12(19)16(20)17(13)21;/h5-6,10-11,14H,3-4,7-9H2,1-2H3,(H,24,27)(H2,22,23,25);1H. The van der Waals surface area contributed by atoms with Gasteiger partial charge in [0.25, 0.3) is 0 Å². The lowest BCUT2D eigenvalue weighted by Gasteiger charge is -2.20. The summed E-state index contributed by atoms with van der Waals surface area (Å²) in [6.45, 7) is 3.95. The zero-order chi connectivity index (χ0) is 19.6. The third-order valence-electron chi connectivity index (χ3n) is 4.98. The molecule has 1 aromatic carbocycles. The smallest absolute Gasteiger partial charge is 0.243 e. The van der Waals surface area contributed by atoms with Crippen LogP contribution in [0.25, 0.3) is 0 Å². The molecule has 2 fully saturated rings. The van der Waals surface area contributed by atoms with Crippen LogP contribution in [0.5, 0.6) is 0 Å². The molecule has 1 saturated heterocycles. The van der Waals surface area contributed by atoms with Gasteiger partial charge >= 0.3 is 0 Å². The summed E-state index contributed by atoms with van der Waals surface area (Å²) in [7, 11) is 1.60. The van der Waals surface area contributed by atoms with E-state index in [1.54, 1.807) is 7.05 Å². The molecular formula is C18H25F3IN5O. The molecule has 156 valence electrons. The maximum Gasteiger partial charge on any atom is 0.243 e. The van der Waals surface area contributed by atoms with Crippen molar-refractivity contribution in [1.29, 1.82) is 0 Å². The van der Waals surface area contributed by atoms with Crippen molar-refractivity contribution < 1.29 is 18.0 Å². The molecular weight excluding hydrogens is 486 g/mol. The summed E-state index contributed by atoms with van der Waals surface area (Å²) in [5.41, 5.74) is -0.409. The highest BCUT2D eigenvalue weighted by Crippen LogP contribution is 2.31. The third kappa shape index (κ3) is 5.49. The van der Waals surface area contributed by atoms with Crippen LogP contribution < -0.4 is 16.0 Å². The number of amides is 1. The van der Waals surface area contributed by atoms with Crippen LogP contribution in [0.3, 0.4) is 0 Å². The predicted octanol–water partition coefficient (Wildman–Crippen LogP) is 2.31. The SMILES string of the molecule is CN=C(NCC(=O)Nc1ccc(F)c(F)c1F)NC1CN(C2CC2)CC1C.I. The fraction of sp³-hybridized carbons (Fsp3) is 0.556. The van der Waals surface area contributed by atoms with Crippen LogP contribution in [0.4, 0.5) is 18.9 Å². The second kappa shape index (κ2) is 9.77. The summed E-state index contributed by atoms with van der Waals surface area (Å²) in [6, 6.07) is 2.66.